The highest BCUT2D eigenvalue weighted by atomic mass is 16.6. The van der Waals surface area contributed by atoms with E-state index in [0.717, 1.165) is 30.2 Å². The number of para-hydroxylation sites is 1. The maximum absolute atomic E-state index is 5.73. The molecule has 1 N–H and O–H groups in total. The van der Waals surface area contributed by atoms with Gasteiger partial charge < -0.3 is 14.8 Å². The summed E-state index contributed by atoms with van der Waals surface area (Å²) < 4.78 is 13.3. The third-order valence-corrected chi connectivity index (χ3v) is 3.51. The number of aryl methyl sites for hydroxylation is 1. The number of nitrogens with one attached hydrogen (secondary N) is 1. The lowest BCUT2D eigenvalue weighted by Gasteiger charge is -2.22. The first-order valence-electron chi connectivity index (χ1n) is 7.32. The van der Waals surface area contributed by atoms with Crippen molar-refractivity contribution >= 4 is 0 Å². The second-order valence-corrected chi connectivity index (χ2v) is 5.46. The van der Waals surface area contributed by atoms with Gasteiger partial charge in [-0.05, 0) is 25.5 Å². The molecule has 1 aromatic heterocycles. The van der Waals surface area contributed by atoms with Crippen LogP contribution in [0.2, 0.25) is 0 Å². The monoisotopic (exact) mass is 287 g/mol. The predicted octanol–water partition coefficient (Wildman–Crippen LogP) is 2.14. The van der Waals surface area contributed by atoms with E-state index in [1.165, 1.54) is 5.56 Å². The Kier molecular flexibility index (Phi) is 4.10. The van der Waals surface area contributed by atoms with E-state index in [9.17, 15) is 0 Å². The fraction of sp³-hybridized carbons (Fsp3) is 0.438. The van der Waals surface area contributed by atoms with Gasteiger partial charge >= 0.3 is 0 Å². The minimum absolute atomic E-state index is 0.324. The quantitative estimate of drug-likeness (QED) is 0.915. The number of hydrogen-bond acceptors (Lipinski definition) is 4. The lowest BCUT2D eigenvalue weighted by atomic mass is 10.1. The first-order valence-corrected chi connectivity index (χ1v) is 7.32. The van der Waals surface area contributed by atoms with E-state index in [1.54, 1.807) is 0 Å². The van der Waals surface area contributed by atoms with Crippen molar-refractivity contribution in [2.45, 2.75) is 33.0 Å². The van der Waals surface area contributed by atoms with Crippen LogP contribution in [0.1, 0.15) is 18.1 Å². The lowest BCUT2D eigenvalue weighted by Crippen LogP contribution is -2.30. The highest BCUT2D eigenvalue weighted by molar-refractivity contribution is 5.47. The molecule has 0 saturated carbocycles. The molecule has 0 bridgehead atoms. The van der Waals surface area contributed by atoms with Crippen molar-refractivity contribution in [3.05, 3.63) is 41.7 Å². The number of ether oxygens (including phenoxy) is 2. The van der Waals surface area contributed by atoms with Crippen LogP contribution < -0.4 is 14.8 Å². The van der Waals surface area contributed by atoms with Gasteiger partial charge in [0.2, 0.25) is 0 Å². The molecule has 3 rings (SSSR count). The molecular weight excluding hydrogens is 266 g/mol. The van der Waals surface area contributed by atoms with Gasteiger partial charge in [-0.2, -0.15) is 5.10 Å². The number of nitrogens with zero attached hydrogens (tertiary/aromatic N) is 2. The fourth-order valence-corrected chi connectivity index (χ4v) is 2.47. The predicted molar refractivity (Wildman–Crippen MR) is 80.7 cm³/mol. The molecule has 0 saturated heterocycles. The van der Waals surface area contributed by atoms with Gasteiger partial charge in [0.25, 0.3) is 0 Å². The summed E-state index contributed by atoms with van der Waals surface area (Å²) in [6, 6.07) is 6.36. The van der Waals surface area contributed by atoms with Gasteiger partial charge in [0.15, 0.2) is 11.5 Å². The molecule has 2 heterocycles. The molecule has 0 spiro atoms. The lowest BCUT2D eigenvalue weighted by molar-refractivity contribution is 0.169. The molecule has 21 heavy (non-hydrogen) atoms. The standard InChI is InChI=1S/C16H21N3O2/c1-12-8-18-19(10-12)11-13(2)17-9-14-4-3-5-15-16(14)21-7-6-20-15/h3-5,8,10,13,17H,6-7,9,11H2,1-2H3. The third kappa shape index (κ3) is 3.36. The first-order chi connectivity index (χ1) is 10.2. The molecular formula is C16H21N3O2. The molecule has 2 aromatic rings. The van der Waals surface area contributed by atoms with E-state index in [4.69, 9.17) is 9.47 Å². The van der Waals surface area contributed by atoms with E-state index >= 15 is 0 Å². The van der Waals surface area contributed by atoms with E-state index < -0.39 is 0 Å². The van der Waals surface area contributed by atoms with Crippen LogP contribution in [0.4, 0.5) is 0 Å². The fourth-order valence-electron chi connectivity index (χ4n) is 2.47. The van der Waals surface area contributed by atoms with Crippen molar-refractivity contribution in [1.29, 1.82) is 0 Å². The molecule has 1 unspecified atom stereocenters. The van der Waals surface area contributed by atoms with Crippen molar-refractivity contribution in [2.75, 3.05) is 13.2 Å². The normalized spacial score (nSPS) is 15.0. The van der Waals surface area contributed by atoms with Crippen molar-refractivity contribution in [2.24, 2.45) is 0 Å². The smallest absolute Gasteiger partial charge is 0.165 e. The summed E-state index contributed by atoms with van der Waals surface area (Å²) in [7, 11) is 0. The average molecular weight is 287 g/mol. The van der Waals surface area contributed by atoms with Crippen LogP contribution in [-0.4, -0.2) is 29.0 Å². The molecule has 1 aliphatic heterocycles. The van der Waals surface area contributed by atoms with Gasteiger partial charge in [0.05, 0.1) is 12.7 Å². The Morgan fingerprint density at radius 1 is 1.33 bits per heavy atom. The van der Waals surface area contributed by atoms with Gasteiger partial charge in [0.1, 0.15) is 13.2 Å². The Morgan fingerprint density at radius 3 is 3.00 bits per heavy atom. The van der Waals surface area contributed by atoms with Gasteiger partial charge in [-0.3, -0.25) is 4.68 Å². The van der Waals surface area contributed by atoms with Crippen LogP contribution in [0.5, 0.6) is 11.5 Å². The molecule has 0 amide bonds. The summed E-state index contributed by atoms with van der Waals surface area (Å²) in [5.41, 5.74) is 2.32. The van der Waals surface area contributed by atoms with Crippen molar-refractivity contribution < 1.29 is 9.47 Å². The molecule has 1 aromatic carbocycles. The Balaban J connectivity index is 1.60. The Labute approximate surface area is 124 Å². The maximum Gasteiger partial charge on any atom is 0.165 e. The Bertz CT molecular complexity index is 609. The number of aromatic nitrogens is 2. The van der Waals surface area contributed by atoms with E-state index in [1.807, 2.05) is 23.0 Å². The molecule has 1 atom stereocenters. The molecule has 5 heteroatoms. The summed E-state index contributed by atoms with van der Waals surface area (Å²) in [6.45, 7) is 7.05. The van der Waals surface area contributed by atoms with Gasteiger partial charge in [-0.25, -0.2) is 0 Å². The van der Waals surface area contributed by atoms with Gasteiger partial charge in [-0.1, -0.05) is 12.1 Å². The Morgan fingerprint density at radius 2 is 2.19 bits per heavy atom. The van der Waals surface area contributed by atoms with E-state index in [-0.39, 0.29) is 0 Å². The van der Waals surface area contributed by atoms with Crippen molar-refractivity contribution in [3.8, 4) is 11.5 Å². The van der Waals surface area contributed by atoms with E-state index in [0.29, 0.717) is 19.3 Å². The van der Waals surface area contributed by atoms with Crippen LogP contribution in [0.15, 0.2) is 30.6 Å². The summed E-state index contributed by atoms with van der Waals surface area (Å²) >= 11 is 0. The summed E-state index contributed by atoms with van der Waals surface area (Å²) in [6.07, 6.45) is 3.94. The highest BCUT2D eigenvalue weighted by Gasteiger charge is 2.15. The maximum atomic E-state index is 5.73. The van der Waals surface area contributed by atoms with Crippen molar-refractivity contribution in [1.82, 2.24) is 15.1 Å². The molecule has 112 valence electrons. The zero-order valence-corrected chi connectivity index (χ0v) is 12.5. The van der Waals surface area contributed by atoms with Crippen LogP contribution in [0.25, 0.3) is 0 Å². The molecule has 5 nitrogen and oxygen atoms in total. The Hall–Kier alpha value is -2.01. The number of hydrogen-bond donors (Lipinski definition) is 1. The SMILES string of the molecule is Cc1cnn(CC(C)NCc2cccc3c2OCCO3)c1. The third-order valence-electron chi connectivity index (χ3n) is 3.51. The molecule has 0 fully saturated rings. The zero-order chi connectivity index (χ0) is 14.7. The number of fused-ring (bicyclic) bond motifs is 1. The largest absolute Gasteiger partial charge is 0.486 e. The first kappa shape index (κ1) is 13.9. The second kappa shape index (κ2) is 6.18. The van der Waals surface area contributed by atoms with Crippen molar-refractivity contribution in [3.63, 3.8) is 0 Å². The van der Waals surface area contributed by atoms with Gasteiger partial charge in [-0.15, -0.1) is 0 Å². The average Bonchev–Trinajstić information content (AvgIpc) is 2.90. The summed E-state index contributed by atoms with van der Waals surface area (Å²) in [5, 5.41) is 7.82. The minimum atomic E-state index is 0.324. The number of rotatable bonds is 5. The molecule has 1 aliphatic rings. The topological polar surface area (TPSA) is 48.3 Å². The summed E-state index contributed by atoms with van der Waals surface area (Å²) in [5.74, 6) is 1.72. The van der Waals surface area contributed by atoms with Crippen LogP contribution >= 0.6 is 0 Å². The van der Waals surface area contributed by atoms with Crippen LogP contribution in [0, 0.1) is 6.92 Å². The van der Waals surface area contributed by atoms with Crippen LogP contribution in [-0.2, 0) is 13.1 Å². The van der Waals surface area contributed by atoms with Gasteiger partial charge in [0, 0.05) is 24.3 Å². The molecule has 0 aliphatic carbocycles. The van der Waals surface area contributed by atoms with Crippen LogP contribution in [0.3, 0.4) is 0 Å². The minimum Gasteiger partial charge on any atom is -0.486 e. The molecule has 0 radical (unpaired) electrons. The highest BCUT2D eigenvalue weighted by Crippen LogP contribution is 2.33. The summed E-state index contributed by atoms with van der Waals surface area (Å²) in [4.78, 5) is 0. The number of benzene rings is 1. The second-order valence-electron chi connectivity index (χ2n) is 5.46. The zero-order valence-electron chi connectivity index (χ0n) is 12.5. The van der Waals surface area contributed by atoms with E-state index in [2.05, 4.69) is 36.5 Å².